The molecule has 19 heavy (non-hydrogen) atoms. The van der Waals surface area contributed by atoms with Gasteiger partial charge in [-0.15, -0.1) is 0 Å². The summed E-state index contributed by atoms with van der Waals surface area (Å²) in [6.07, 6.45) is 10.0. The van der Waals surface area contributed by atoms with Gasteiger partial charge in [-0.05, 0) is 25.2 Å². The molecule has 4 nitrogen and oxygen atoms in total. The predicted octanol–water partition coefficient (Wildman–Crippen LogP) is 3.03. The zero-order valence-corrected chi connectivity index (χ0v) is 12.1. The van der Waals surface area contributed by atoms with Crippen molar-refractivity contribution in [2.75, 3.05) is 13.7 Å². The maximum absolute atomic E-state index is 11.3. The van der Waals surface area contributed by atoms with Crippen LogP contribution in [-0.4, -0.2) is 25.7 Å². The highest BCUT2D eigenvalue weighted by Gasteiger charge is 1.99. The van der Waals surface area contributed by atoms with Crippen molar-refractivity contribution in [1.82, 2.24) is 0 Å². The standard InChI is InChI=1S/C15H24O4/c1-4-5-12-19-15(17)11-10-13(2)8-6-7-9-14(16)18-3/h7,9-11,13H,4-6,8,12H2,1-3H3/b9-7+,11-10+. The van der Waals surface area contributed by atoms with Crippen LogP contribution in [0.25, 0.3) is 0 Å². The van der Waals surface area contributed by atoms with Crippen molar-refractivity contribution in [1.29, 1.82) is 0 Å². The molecule has 0 radical (unpaired) electrons. The fraction of sp³-hybridized carbons (Fsp3) is 0.600. The second-order valence-corrected chi connectivity index (χ2v) is 4.36. The maximum Gasteiger partial charge on any atom is 0.330 e. The van der Waals surface area contributed by atoms with E-state index in [-0.39, 0.29) is 17.9 Å². The average molecular weight is 268 g/mol. The van der Waals surface area contributed by atoms with Gasteiger partial charge in [0.2, 0.25) is 0 Å². The monoisotopic (exact) mass is 268 g/mol. The van der Waals surface area contributed by atoms with Gasteiger partial charge in [0.1, 0.15) is 0 Å². The Hall–Kier alpha value is -1.58. The molecular weight excluding hydrogens is 244 g/mol. The van der Waals surface area contributed by atoms with Crippen molar-refractivity contribution >= 4 is 11.9 Å². The highest BCUT2D eigenvalue weighted by Crippen LogP contribution is 2.08. The van der Waals surface area contributed by atoms with Gasteiger partial charge in [0.15, 0.2) is 0 Å². The van der Waals surface area contributed by atoms with Gasteiger partial charge in [0.25, 0.3) is 0 Å². The Morgan fingerprint density at radius 3 is 2.58 bits per heavy atom. The molecule has 0 fully saturated rings. The Balaban J connectivity index is 3.78. The third kappa shape index (κ3) is 11.3. The van der Waals surface area contributed by atoms with E-state index in [1.807, 2.05) is 19.9 Å². The van der Waals surface area contributed by atoms with Crippen LogP contribution in [0.2, 0.25) is 0 Å². The largest absolute Gasteiger partial charge is 0.466 e. The summed E-state index contributed by atoms with van der Waals surface area (Å²) in [5.74, 6) is -0.367. The smallest absolute Gasteiger partial charge is 0.330 e. The van der Waals surface area contributed by atoms with E-state index < -0.39 is 0 Å². The number of hydrogen-bond donors (Lipinski definition) is 0. The quantitative estimate of drug-likeness (QED) is 0.366. The first-order valence-corrected chi connectivity index (χ1v) is 6.69. The third-order valence-corrected chi connectivity index (χ3v) is 2.55. The maximum atomic E-state index is 11.3. The lowest BCUT2D eigenvalue weighted by atomic mass is 10.1. The van der Waals surface area contributed by atoms with Gasteiger partial charge in [0.05, 0.1) is 13.7 Å². The average Bonchev–Trinajstić information content (AvgIpc) is 2.41. The van der Waals surface area contributed by atoms with Crippen molar-refractivity contribution in [2.24, 2.45) is 5.92 Å². The second kappa shape index (κ2) is 11.5. The fourth-order valence-corrected chi connectivity index (χ4v) is 1.31. The number of rotatable bonds is 9. The molecular formula is C15H24O4. The van der Waals surface area contributed by atoms with Gasteiger partial charge < -0.3 is 9.47 Å². The molecule has 0 saturated carbocycles. The van der Waals surface area contributed by atoms with Crippen LogP contribution in [0, 0.1) is 5.92 Å². The number of allylic oxidation sites excluding steroid dienone is 2. The van der Waals surface area contributed by atoms with Gasteiger partial charge in [0, 0.05) is 12.2 Å². The van der Waals surface area contributed by atoms with Crippen molar-refractivity contribution in [3.05, 3.63) is 24.3 Å². The van der Waals surface area contributed by atoms with Crippen molar-refractivity contribution in [3.8, 4) is 0 Å². The van der Waals surface area contributed by atoms with E-state index >= 15 is 0 Å². The van der Waals surface area contributed by atoms with Gasteiger partial charge in [-0.1, -0.05) is 32.4 Å². The van der Waals surface area contributed by atoms with Gasteiger partial charge in [-0.3, -0.25) is 0 Å². The van der Waals surface area contributed by atoms with Crippen molar-refractivity contribution in [2.45, 2.75) is 39.5 Å². The molecule has 0 amide bonds. The first-order chi connectivity index (χ1) is 9.10. The van der Waals surface area contributed by atoms with E-state index in [0.29, 0.717) is 6.61 Å². The number of hydrogen-bond acceptors (Lipinski definition) is 4. The van der Waals surface area contributed by atoms with E-state index in [1.54, 1.807) is 6.08 Å². The third-order valence-electron chi connectivity index (χ3n) is 2.55. The molecule has 1 unspecified atom stereocenters. The molecule has 0 saturated heterocycles. The van der Waals surface area contributed by atoms with Crippen LogP contribution in [0.1, 0.15) is 39.5 Å². The first-order valence-electron chi connectivity index (χ1n) is 6.69. The normalized spacial score (nSPS) is 12.8. The van der Waals surface area contributed by atoms with Crippen LogP contribution < -0.4 is 0 Å². The van der Waals surface area contributed by atoms with Crippen molar-refractivity contribution in [3.63, 3.8) is 0 Å². The molecule has 0 aromatic rings. The van der Waals surface area contributed by atoms with E-state index in [2.05, 4.69) is 4.74 Å². The minimum atomic E-state index is -0.345. The Labute approximate surface area is 115 Å². The number of carbonyl (C=O) groups is 2. The summed E-state index contributed by atoms with van der Waals surface area (Å²) in [4.78, 5) is 22.1. The molecule has 0 aromatic heterocycles. The van der Waals surface area contributed by atoms with E-state index in [4.69, 9.17) is 4.74 Å². The van der Waals surface area contributed by atoms with Crippen LogP contribution in [0.4, 0.5) is 0 Å². The minimum Gasteiger partial charge on any atom is -0.466 e. The van der Waals surface area contributed by atoms with Crippen LogP contribution in [0.5, 0.6) is 0 Å². The molecule has 0 N–H and O–H groups in total. The highest BCUT2D eigenvalue weighted by molar-refractivity contribution is 5.82. The Morgan fingerprint density at radius 1 is 1.21 bits per heavy atom. The summed E-state index contributed by atoms with van der Waals surface area (Å²) >= 11 is 0. The topological polar surface area (TPSA) is 52.6 Å². The molecule has 0 aliphatic heterocycles. The van der Waals surface area contributed by atoms with Gasteiger partial charge in [-0.2, -0.15) is 0 Å². The summed E-state index contributed by atoms with van der Waals surface area (Å²) in [7, 11) is 1.35. The van der Waals surface area contributed by atoms with Crippen LogP contribution >= 0.6 is 0 Å². The van der Waals surface area contributed by atoms with Crippen LogP contribution in [-0.2, 0) is 19.1 Å². The molecule has 0 bridgehead atoms. The van der Waals surface area contributed by atoms with E-state index in [1.165, 1.54) is 19.3 Å². The van der Waals surface area contributed by atoms with E-state index in [0.717, 1.165) is 25.7 Å². The number of esters is 2. The summed E-state index contributed by atoms with van der Waals surface area (Å²) < 4.78 is 9.49. The van der Waals surface area contributed by atoms with Gasteiger partial charge >= 0.3 is 11.9 Å². The molecule has 0 spiro atoms. The molecule has 0 rings (SSSR count). The lowest BCUT2D eigenvalue weighted by molar-refractivity contribution is -0.138. The van der Waals surface area contributed by atoms with Crippen molar-refractivity contribution < 1.29 is 19.1 Å². The summed E-state index contributed by atoms with van der Waals surface area (Å²) in [5.41, 5.74) is 0. The first kappa shape index (κ1) is 17.4. The molecule has 108 valence electrons. The Bertz CT molecular complexity index is 318. The molecule has 1 atom stereocenters. The zero-order chi connectivity index (χ0) is 14.5. The summed E-state index contributed by atoms with van der Waals surface area (Å²) in [6.45, 7) is 4.55. The number of ether oxygens (including phenoxy) is 2. The van der Waals surface area contributed by atoms with E-state index in [9.17, 15) is 9.59 Å². The highest BCUT2D eigenvalue weighted by atomic mass is 16.5. The number of unbranched alkanes of at least 4 members (excludes halogenated alkanes) is 1. The lowest BCUT2D eigenvalue weighted by Crippen LogP contribution is -2.02. The minimum absolute atomic E-state index is 0.265. The van der Waals surface area contributed by atoms with Crippen LogP contribution in [0.3, 0.4) is 0 Å². The summed E-state index contributed by atoms with van der Waals surface area (Å²) in [6, 6.07) is 0. The number of carbonyl (C=O) groups excluding carboxylic acids is 2. The van der Waals surface area contributed by atoms with Crippen LogP contribution in [0.15, 0.2) is 24.3 Å². The zero-order valence-electron chi connectivity index (χ0n) is 12.1. The Morgan fingerprint density at radius 2 is 1.95 bits per heavy atom. The SMILES string of the molecule is CCCCOC(=O)/C=C/C(C)CC/C=C/C(=O)OC. The molecule has 4 heteroatoms. The lowest BCUT2D eigenvalue weighted by Gasteiger charge is -2.03. The molecule has 0 heterocycles. The fourth-order valence-electron chi connectivity index (χ4n) is 1.31. The second-order valence-electron chi connectivity index (χ2n) is 4.36. The number of methoxy groups -OCH3 is 1. The van der Waals surface area contributed by atoms with Gasteiger partial charge in [-0.25, -0.2) is 9.59 Å². The Kier molecular flexibility index (Phi) is 10.6. The molecule has 0 aromatic carbocycles. The summed E-state index contributed by atoms with van der Waals surface area (Å²) in [5, 5.41) is 0. The predicted molar refractivity (Wildman–Crippen MR) is 74.6 cm³/mol. The molecule has 0 aliphatic carbocycles. The molecule has 0 aliphatic rings.